The first kappa shape index (κ1) is 15.0. The number of Topliss-reactive ketones (excluding diaryl/α,β-unsaturated/α-hetero) is 1. The van der Waals surface area contributed by atoms with Crippen molar-refractivity contribution >= 4 is 11.9 Å². The van der Waals surface area contributed by atoms with E-state index in [1.807, 2.05) is 0 Å². The summed E-state index contributed by atoms with van der Waals surface area (Å²) in [5.41, 5.74) is 0. The Hall–Kier alpha value is -1.10. The van der Waals surface area contributed by atoms with Crippen LogP contribution in [0.3, 0.4) is 0 Å². The van der Waals surface area contributed by atoms with Crippen molar-refractivity contribution in [1.29, 1.82) is 0 Å². The summed E-state index contributed by atoms with van der Waals surface area (Å²) in [4.78, 5) is 24.2. The zero-order chi connectivity index (χ0) is 13.5. The summed E-state index contributed by atoms with van der Waals surface area (Å²) in [5, 5.41) is 0. The number of methoxy groups -OCH3 is 2. The lowest BCUT2D eigenvalue weighted by molar-refractivity contribution is -0.117. The van der Waals surface area contributed by atoms with Crippen molar-refractivity contribution in [3.8, 4) is 0 Å². The fourth-order valence-electron chi connectivity index (χ4n) is 2.49. The van der Waals surface area contributed by atoms with Gasteiger partial charge in [0.15, 0.2) is 0 Å². The summed E-state index contributed by atoms with van der Waals surface area (Å²) in [5.74, 6) is 0.223. The molecule has 0 aromatic heterocycles. The number of ketones is 1. The van der Waals surface area contributed by atoms with E-state index in [9.17, 15) is 9.59 Å². The Morgan fingerprint density at radius 3 is 2.50 bits per heavy atom. The topological polar surface area (TPSA) is 55.8 Å². The maximum absolute atomic E-state index is 11.7. The number of hydrogen-bond acceptors (Lipinski definition) is 4. The minimum Gasteiger partial charge on any atom is -0.453 e. The summed E-state index contributed by atoms with van der Waals surface area (Å²) in [6.07, 6.45) is 4.66. The van der Waals surface area contributed by atoms with Gasteiger partial charge in [0.2, 0.25) is 0 Å². The number of unbranched alkanes of at least 4 members (excludes halogenated alkanes) is 1. The van der Waals surface area contributed by atoms with Crippen LogP contribution in [0, 0.1) is 0 Å². The molecule has 2 atom stereocenters. The molecular formula is C13H23NO4. The molecule has 1 aliphatic rings. The van der Waals surface area contributed by atoms with Crippen LogP contribution in [-0.2, 0) is 14.3 Å². The largest absolute Gasteiger partial charge is 0.453 e. The lowest BCUT2D eigenvalue weighted by Gasteiger charge is -2.27. The maximum atomic E-state index is 11.7. The molecule has 1 aliphatic heterocycles. The second-order valence-corrected chi connectivity index (χ2v) is 4.75. The van der Waals surface area contributed by atoms with Crippen LogP contribution >= 0.6 is 0 Å². The van der Waals surface area contributed by atoms with Crippen molar-refractivity contribution in [3.05, 3.63) is 0 Å². The van der Waals surface area contributed by atoms with Gasteiger partial charge < -0.3 is 14.3 Å². The highest BCUT2D eigenvalue weighted by Gasteiger charge is 2.37. The number of carbonyl (C=O) groups is 2. The molecule has 1 heterocycles. The van der Waals surface area contributed by atoms with E-state index in [1.54, 1.807) is 18.9 Å². The SMILES string of the molecule is COC(=O)N1C(OC)CC[C@H]1CCCCC(C)=O. The van der Waals surface area contributed by atoms with E-state index >= 15 is 0 Å². The first-order valence-corrected chi connectivity index (χ1v) is 6.48. The summed E-state index contributed by atoms with van der Waals surface area (Å²) in [6, 6.07) is 0.175. The Morgan fingerprint density at radius 2 is 1.94 bits per heavy atom. The van der Waals surface area contributed by atoms with Crippen LogP contribution in [0.1, 0.15) is 45.4 Å². The van der Waals surface area contributed by atoms with Crippen molar-refractivity contribution < 1.29 is 19.1 Å². The molecular weight excluding hydrogens is 234 g/mol. The molecule has 0 saturated carbocycles. The van der Waals surface area contributed by atoms with Gasteiger partial charge in [-0.1, -0.05) is 6.42 Å². The van der Waals surface area contributed by atoms with Crippen molar-refractivity contribution in [2.75, 3.05) is 14.2 Å². The van der Waals surface area contributed by atoms with Gasteiger partial charge in [-0.3, -0.25) is 4.90 Å². The first-order valence-electron chi connectivity index (χ1n) is 6.48. The predicted molar refractivity (Wildman–Crippen MR) is 67.2 cm³/mol. The van der Waals surface area contributed by atoms with Gasteiger partial charge in [0, 0.05) is 19.6 Å². The summed E-state index contributed by atoms with van der Waals surface area (Å²) in [6.45, 7) is 1.61. The molecule has 18 heavy (non-hydrogen) atoms. The molecule has 1 saturated heterocycles. The molecule has 0 aromatic carbocycles. The van der Waals surface area contributed by atoms with E-state index in [0.29, 0.717) is 6.42 Å². The molecule has 5 heteroatoms. The van der Waals surface area contributed by atoms with E-state index in [4.69, 9.17) is 9.47 Å². The highest BCUT2D eigenvalue weighted by atomic mass is 16.6. The van der Waals surface area contributed by atoms with Gasteiger partial charge >= 0.3 is 6.09 Å². The number of carbonyl (C=O) groups excluding carboxylic acids is 2. The van der Waals surface area contributed by atoms with Gasteiger partial charge in [-0.15, -0.1) is 0 Å². The Morgan fingerprint density at radius 1 is 1.22 bits per heavy atom. The molecule has 5 nitrogen and oxygen atoms in total. The van der Waals surface area contributed by atoms with Crippen LogP contribution in [0.5, 0.6) is 0 Å². The Bertz CT molecular complexity index is 293. The fourth-order valence-corrected chi connectivity index (χ4v) is 2.49. The lowest BCUT2D eigenvalue weighted by atomic mass is 10.1. The zero-order valence-corrected chi connectivity index (χ0v) is 11.5. The van der Waals surface area contributed by atoms with Crippen molar-refractivity contribution in [3.63, 3.8) is 0 Å². The average Bonchev–Trinajstić information content (AvgIpc) is 2.76. The molecule has 1 fully saturated rings. The third kappa shape index (κ3) is 3.98. The molecule has 104 valence electrons. The van der Waals surface area contributed by atoms with Crippen LogP contribution < -0.4 is 0 Å². The fraction of sp³-hybridized carbons (Fsp3) is 0.846. The molecule has 0 aliphatic carbocycles. The Balaban J connectivity index is 2.43. The van der Waals surface area contributed by atoms with Crippen LogP contribution in [-0.4, -0.2) is 43.3 Å². The number of amides is 1. The minimum absolute atomic E-state index is 0.171. The highest BCUT2D eigenvalue weighted by Crippen LogP contribution is 2.28. The molecule has 1 unspecified atom stereocenters. The van der Waals surface area contributed by atoms with Gasteiger partial charge in [-0.25, -0.2) is 4.79 Å². The van der Waals surface area contributed by atoms with Crippen LogP contribution in [0.2, 0.25) is 0 Å². The van der Waals surface area contributed by atoms with Gasteiger partial charge in [-0.05, 0) is 32.6 Å². The van der Waals surface area contributed by atoms with E-state index in [-0.39, 0.29) is 24.1 Å². The number of ether oxygens (including phenoxy) is 2. The van der Waals surface area contributed by atoms with E-state index in [2.05, 4.69) is 0 Å². The summed E-state index contributed by atoms with van der Waals surface area (Å²) >= 11 is 0. The molecule has 0 aromatic rings. The van der Waals surface area contributed by atoms with Crippen molar-refractivity contribution in [2.24, 2.45) is 0 Å². The lowest BCUT2D eigenvalue weighted by Crippen LogP contribution is -2.42. The summed E-state index contributed by atoms with van der Waals surface area (Å²) in [7, 11) is 3.00. The van der Waals surface area contributed by atoms with E-state index in [0.717, 1.165) is 32.1 Å². The Kier molecular flexibility index (Phi) is 6.12. The van der Waals surface area contributed by atoms with Gasteiger partial charge in [0.25, 0.3) is 0 Å². The molecule has 0 bridgehead atoms. The zero-order valence-electron chi connectivity index (χ0n) is 11.5. The number of hydrogen-bond donors (Lipinski definition) is 0. The standard InChI is InChI=1S/C13H23NO4/c1-10(15)6-4-5-7-11-8-9-12(17-2)14(11)13(16)18-3/h11-12H,4-9H2,1-3H3/t11-,12?/m1/s1. The normalized spacial score (nSPS) is 23.2. The van der Waals surface area contributed by atoms with E-state index in [1.165, 1.54) is 7.11 Å². The number of rotatable bonds is 6. The average molecular weight is 257 g/mol. The van der Waals surface area contributed by atoms with Crippen molar-refractivity contribution in [2.45, 2.75) is 57.7 Å². The van der Waals surface area contributed by atoms with E-state index < -0.39 is 0 Å². The Labute approximate surface area is 108 Å². The van der Waals surface area contributed by atoms with Crippen LogP contribution in [0.15, 0.2) is 0 Å². The smallest absolute Gasteiger partial charge is 0.411 e. The quantitative estimate of drug-likeness (QED) is 0.685. The first-order chi connectivity index (χ1) is 8.60. The van der Waals surface area contributed by atoms with Crippen molar-refractivity contribution in [1.82, 2.24) is 4.90 Å². The van der Waals surface area contributed by atoms with Crippen LogP contribution in [0.4, 0.5) is 4.79 Å². The monoisotopic (exact) mass is 257 g/mol. The maximum Gasteiger partial charge on any atom is 0.411 e. The second-order valence-electron chi connectivity index (χ2n) is 4.75. The molecule has 1 amide bonds. The third-order valence-electron chi connectivity index (χ3n) is 3.42. The molecule has 1 rings (SSSR count). The van der Waals surface area contributed by atoms with Gasteiger partial charge in [0.1, 0.15) is 12.0 Å². The molecule has 0 radical (unpaired) electrons. The van der Waals surface area contributed by atoms with Gasteiger partial charge in [-0.2, -0.15) is 0 Å². The third-order valence-corrected chi connectivity index (χ3v) is 3.42. The minimum atomic E-state index is -0.323. The number of nitrogens with zero attached hydrogens (tertiary/aromatic N) is 1. The molecule has 0 spiro atoms. The highest BCUT2D eigenvalue weighted by molar-refractivity contribution is 5.75. The summed E-state index contributed by atoms with van der Waals surface area (Å²) < 4.78 is 10.1. The molecule has 0 N–H and O–H groups in total. The number of likely N-dealkylation sites (tertiary alicyclic amines) is 1. The predicted octanol–water partition coefficient (Wildman–Crippen LogP) is 2.34. The van der Waals surface area contributed by atoms with Crippen LogP contribution in [0.25, 0.3) is 0 Å². The second kappa shape index (κ2) is 7.36. The van der Waals surface area contributed by atoms with Gasteiger partial charge in [0.05, 0.1) is 7.11 Å².